The summed E-state index contributed by atoms with van der Waals surface area (Å²) in [7, 11) is 0. The second-order valence-corrected chi connectivity index (χ2v) is 4.96. The van der Waals surface area contributed by atoms with E-state index in [0.717, 1.165) is 25.0 Å². The lowest BCUT2D eigenvalue weighted by Crippen LogP contribution is -2.06. The van der Waals surface area contributed by atoms with Crippen LogP contribution in [0.15, 0.2) is 47.1 Å². The minimum atomic E-state index is 0.168. The number of hydrogen-bond donors (Lipinski definition) is 0. The molecule has 1 aromatic heterocycles. The zero-order valence-electron chi connectivity index (χ0n) is 10.0. The molecule has 0 saturated heterocycles. The van der Waals surface area contributed by atoms with Crippen molar-refractivity contribution in [2.75, 3.05) is 0 Å². The van der Waals surface area contributed by atoms with Gasteiger partial charge in [-0.25, -0.2) is 0 Å². The van der Waals surface area contributed by atoms with Crippen molar-refractivity contribution in [1.82, 2.24) is 0 Å². The van der Waals surface area contributed by atoms with Crippen molar-refractivity contribution in [1.29, 1.82) is 0 Å². The van der Waals surface area contributed by atoms with E-state index in [0.29, 0.717) is 0 Å². The van der Waals surface area contributed by atoms with Crippen molar-refractivity contribution in [2.24, 2.45) is 0 Å². The minimum Gasteiger partial charge on any atom is -0.469 e. The summed E-state index contributed by atoms with van der Waals surface area (Å²) < 4.78 is 5.30. The molecule has 0 N–H and O–H groups in total. The highest BCUT2D eigenvalue weighted by Crippen LogP contribution is 2.17. The molecule has 90 valence electrons. The Morgan fingerprint density at radius 3 is 2.71 bits per heavy atom. The van der Waals surface area contributed by atoms with Crippen LogP contribution in [-0.2, 0) is 12.8 Å². The van der Waals surface area contributed by atoms with Crippen LogP contribution < -0.4 is 0 Å². The van der Waals surface area contributed by atoms with Crippen molar-refractivity contribution in [3.05, 3.63) is 59.5 Å². The fourth-order valence-corrected chi connectivity index (χ4v) is 2.21. The summed E-state index contributed by atoms with van der Waals surface area (Å²) in [5.74, 6) is 1.01. The first-order valence-electron chi connectivity index (χ1n) is 5.96. The van der Waals surface area contributed by atoms with E-state index >= 15 is 0 Å². The normalized spacial score (nSPS) is 12.6. The van der Waals surface area contributed by atoms with Crippen LogP contribution in [0.5, 0.6) is 0 Å². The summed E-state index contributed by atoms with van der Waals surface area (Å²) in [5, 5.41) is 0.168. The smallest absolute Gasteiger partial charge is 0.103 e. The highest BCUT2D eigenvalue weighted by molar-refractivity contribution is 6.20. The second-order valence-electron chi connectivity index (χ2n) is 4.35. The van der Waals surface area contributed by atoms with Crippen molar-refractivity contribution in [3.8, 4) is 0 Å². The number of rotatable bonds is 5. The molecule has 0 aliphatic heterocycles. The van der Waals surface area contributed by atoms with Gasteiger partial charge in [0.15, 0.2) is 0 Å². The fraction of sp³-hybridized carbons (Fsp3) is 0.333. The molecule has 0 saturated carbocycles. The molecule has 0 aliphatic rings. The highest BCUT2D eigenvalue weighted by atomic mass is 35.5. The highest BCUT2D eigenvalue weighted by Gasteiger charge is 2.08. The Morgan fingerprint density at radius 1 is 1.18 bits per heavy atom. The van der Waals surface area contributed by atoms with Crippen molar-refractivity contribution in [3.63, 3.8) is 0 Å². The van der Waals surface area contributed by atoms with Crippen LogP contribution in [0.25, 0.3) is 0 Å². The molecule has 0 fully saturated rings. The van der Waals surface area contributed by atoms with Crippen LogP contribution >= 0.6 is 11.6 Å². The van der Waals surface area contributed by atoms with Crippen molar-refractivity contribution < 1.29 is 4.42 Å². The number of hydrogen-bond acceptors (Lipinski definition) is 1. The molecule has 2 rings (SSSR count). The third-order valence-corrected chi connectivity index (χ3v) is 3.36. The summed E-state index contributed by atoms with van der Waals surface area (Å²) in [5.41, 5.74) is 2.66. The number of benzene rings is 1. The van der Waals surface area contributed by atoms with Crippen LogP contribution in [0.4, 0.5) is 0 Å². The molecule has 2 heteroatoms. The molecule has 0 amide bonds. The van der Waals surface area contributed by atoms with Gasteiger partial charge in [-0.15, -0.1) is 11.6 Å². The summed E-state index contributed by atoms with van der Waals surface area (Å²) in [4.78, 5) is 0. The number of aryl methyl sites for hydroxylation is 2. The van der Waals surface area contributed by atoms with Crippen LogP contribution in [-0.4, -0.2) is 5.38 Å². The van der Waals surface area contributed by atoms with Gasteiger partial charge in [0.05, 0.1) is 6.26 Å². The molecule has 17 heavy (non-hydrogen) atoms. The number of alkyl halides is 1. The van der Waals surface area contributed by atoms with E-state index in [1.54, 1.807) is 6.26 Å². The molecule has 0 aliphatic carbocycles. The average Bonchev–Trinajstić information content (AvgIpc) is 2.82. The van der Waals surface area contributed by atoms with Gasteiger partial charge in [0.25, 0.3) is 0 Å². The molecule has 1 aromatic carbocycles. The predicted octanol–water partition coefficient (Wildman–Crippen LogP) is 4.37. The van der Waals surface area contributed by atoms with E-state index in [2.05, 4.69) is 31.2 Å². The molecular formula is C15H17ClO. The summed E-state index contributed by atoms with van der Waals surface area (Å²) in [6.45, 7) is 2.13. The molecule has 1 nitrogen and oxygen atoms in total. The maximum atomic E-state index is 6.36. The molecule has 0 bridgehead atoms. The third-order valence-electron chi connectivity index (χ3n) is 2.99. The van der Waals surface area contributed by atoms with Gasteiger partial charge in [-0.2, -0.15) is 0 Å². The molecule has 0 radical (unpaired) electrons. The van der Waals surface area contributed by atoms with Gasteiger partial charge < -0.3 is 4.42 Å². The Balaban J connectivity index is 1.85. The molecule has 2 aromatic rings. The summed E-state index contributed by atoms with van der Waals surface area (Å²) in [6, 6.07) is 12.3. The fourth-order valence-electron chi connectivity index (χ4n) is 1.93. The Morgan fingerprint density at radius 2 is 2.00 bits per heavy atom. The van der Waals surface area contributed by atoms with Crippen molar-refractivity contribution >= 4 is 11.6 Å². The van der Waals surface area contributed by atoms with E-state index in [4.69, 9.17) is 16.0 Å². The Labute approximate surface area is 107 Å². The number of furan rings is 1. The van der Waals surface area contributed by atoms with Crippen LogP contribution in [0.2, 0.25) is 0 Å². The maximum absolute atomic E-state index is 6.36. The standard InChI is InChI=1S/C15H17ClO/c1-12-5-2-3-6-13(12)11-14(16)8-9-15-7-4-10-17-15/h2-7,10,14H,8-9,11H2,1H3. The summed E-state index contributed by atoms with van der Waals surface area (Å²) >= 11 is 6.36. The van der Waals surface area contributed by atoms with E-state index < -0.39 is 0 Å². The van der Waals surface area contributed by atoms with Gasteiger partial charge >= 0.3 is 0 Å². The Hall–Kier alpha value is -1.21. The largest absolute Gasteiger partial charge is 0.469 e. The van der Waals surface area contributed by atoms with Crippen LogP contribution in [0.1, 0.15) is 23.3 Å². The minimum absolute atomic E-state index is 0.168. The van der Waals surface area contributed by atoms with Gasteiger partial charge in [0.1, 0.15) is 5.76 Å². The second kappa shape index (κ2) is 5.92. The number of halogens is 1. The average molecular weight is 249 g/mol. The van der Waals surface area contributed by atoms with Gasteiger partial charge in [0.2, 0.25) is 0 Å². The van der Waals surface area contributed by atoms with E-state index in [1.807, 2.05) is 12.1 Å². The predicted molar refractivity (Wildman–Crippen MR) is 71.6 cm³/mol. The lowest BCUT2D eigenvalue weighted by molar-refractivity contribution is 0.498. The van der Waals surface area contributed by atoms with Gasteiger partial charge in [0, 0.05) is 11.8 Å². The molecule has 1 atom stereocenters. The van der Waals surface area contributed by atoms with Gasteiger partial charge in [-0.1, -0.05) is 24.3 Å². The van der Waals surface area contributed by atoms with Gasteiger partial charge in [-0.05, 0) is 43.0 Å². The lowest BCUT2D eigenvalue weighted by atomic mass is 10.0. The Bertz CT molecular complexity index is 448. The quantitative estimate of drug-likeness (QED) is 0.716. The first-order valence-corrected chi connectivity index (χ1v) is 6.40. The zero-order valence-corrected chi connectivity index (χ0v) is 10.8. The van der Waals surface area contributed by atoms with Crippen molar-refractivity contribution in [2.45, 2.75) is 31.6 Å². The maximum Gasteiger partial charge on any atom is 0.103 e. The van der Waals surface area contributed by atoms with E-state index in [9.17, 15) is 0 Å². The van der Waals surface area contributed by atoms with Crippen LogP contribution in [0, 0.1) is 6.92 Å². The molecule has 1 heterocycles. The van der Waals surface area contributed by atoms with E-state index in [1.165, 1.54) is 11.1 Å². The topological polar surface area (TPSA) is 13.1 Å². The zero-order chi connectivity index (χ0) is 12.1. The summed E-state index contributed by atoms with van der Waals surface area (Å²) in [6.07, 6.45) is 4.49. The van der Waals surface area contributed by atoms with Gasteiger partial charge in [-0.3, -0.25) is 0 Å². The molecular weight excluding hydrogens is 232 g/mol. The third kappa shape index (κ3) is 3.64. The first kappa shape index (κ1) is 12.3. The lowest BCUT2D eigenvalue weighted by Gasteiger charge is -2.10. The molecule has 0 spiro atoms. The first-order chi connectivity index (χ1) is 8.25. The Kier molecular flexibility index (Phi) is 4.27. The SMILES string of the molecule is Cc1ccccc1CC(Cl)CCc1ccco1. The van der Waals surface area contributed by atoms with E-state index in [-0.39, 0.29) is 5.38 Å². The molecule has 1 unspecified atom stereocenters. The van der Waals surface area contributed by atoms with Crippen LogP contribution in [0.3, 0.4) is 0 Å². The monoisotopic (exact) mass is 248 g/mol.